The van der Waals surface area contributed by atoms with E-state index in [1.165, 1.54) is 18.4 Å². The number of methoxy groups -OCH3 is 1. The highest BCUT2D eigenvalue weighted by atomic mass is 32.1. The Hall–Kier alpha value is -3.20. The Kier molecular flexibility index (Phi) is 5.82. The maximum Gasteiger partial charge on any atom is 0.437 e. The fourth-order valence-electron chi connectivity index (χ4n) is 2.32. The number of rotatable bonds is 7. The second kappa shape index (κ2) is 8.45. The fourth-order valence-corrected chi connectivity index (χ4v) is 2.96. The van der Waals surface area contributed by atoms with Gasteiger partial charge in [0.05, 0.1) is 24.1 Å². The van der Waals surface area contributed by atoms with Gasteiger partial charge in [-0.1, -0.05) is 18.2 Å². The zero-order chi connectivity index (χ0) is 19.2. The molecule has 0 bridgehead atoms. The molecule has 1 N–H and O–H groups in total. The Morgan fingerprint density at radius 3 is 2.70 bits per heavy atom. The Bertz CT molecular complexity index is 973. The van der Waals surface area contributed by atoms with Gasteiger partial charge in [0.15, 0.2) is 0 Å². The second-order valence-corrected chi connectivity index (χ2v) is 6.54. The lowest BCUT2D eigenvalue weighted by Crippen LogP contribution is -2.26. The second-order valence-electron chi connectivity index (χ2n) is 5.59. The molecule has 3 aromatic rings. The molecule has 2 heterocycles. The lowest BCUT2D eigenvalue weighted by Gasteiger charge is -2.06. The van der Waals surface area contributed by atoms with Gasteiger partial charge in [-0.05, 0) is 29.1 Å². The number of hydrogen-bond acceptors (Lipinski definition) is 7. The smallest absolute Gasteiger partial charge is 0.437 e. The number of nitrogens with zero attached hydrogens (tertiary/aromatic N) is 2. The first-order chi connectivity index (χ1) is 13.1. The van der Waals surface area contributed by atoms with Crippen molar-refractivity contribution in [3.8, 4) is 10.8 Å². The summed E-state index contributed by atoms with van der Waals surface area (Å²) in [7, 11) is 1.32. The summed E-state index contributed by atoms with van der Waals surface area (Å²) in [6, 6.07) is 10.4. The van der Waals surface area contributed by atoms with Crippen LogP contribution in [0, 0.1) is 0 Å². The van der Waals surface area contributed by atoms with E-state index in [0.29, 0.717) is 12.1 Å². The van der Waals surface area contributed by atoms with Crippen LogP contribution in [0.25, 0.3) is 10.8 Å². The number of ether oxygens (including phenoxy) is 1. The molecule has 0 fully saturated rings. The van der Waals surface area contributed by atoms with Gasteiger partial charge in [0.2, 0.25) is 5.91 Å². The minimum Gasteiger partial charge on any atom is -0.465 e. The van der Waals surface area contributed by atoms with E-state index in [2.05, 4.69) is 15.2 Å². The monoisotopic (exact) mass is 387 g/mol. The lowest BCUT2D eigenvalue weighted by atomic mass is 10.1. The van der Waals surface area contributed by atoms with Crippen LogP contribution in [0.1, 0.15) is 22.3 Å². The topological polar surface area (TPSA) is 103 Å². The van der Waals surface area contributed by atoms with Crippen molar-refractivity contribution in [1.82, 2.24) is 15.1 Å². The summed E-state index contributed by atoms with van der Waals surface area (Å²) in [4.78, 5) is 35.9. The molecule has 1 aromatic carbocycles. The largest absolute Gasteiger partial charge is 0.465 e. The minimum absolute atomic E-state index is 0.0938. The van der Waals surface area contributed by atoms with Gasteiger partial charge in [-0.3, -0.25) is 4.79 Å². The quantitative estimate of drug-likeness (QED) is 0.623. The standard InChI is InChI=1S/C18H17N3O5S/c1-25-17(23)13-6-4-12(5-7-13)11-19-15(22)8-9-21-18(24)26-16(20-21)14-3-2-10-27-14/h2-7,10H,8-9,11H2,1H3,(H,19,22). The summed E-state index contributed by atoms with van der Waals surface area (Å²) in [6.07, 6.45) is 0.0938. The molecular weight excluding hydrogens is 370 g/mol. The maximum absolute atomic E-state index is 12.0. The van der Waals surface area contributed by atoms with Crippen molar-refractivity contribution in [1.29, 1.82) is 0 Å². The number of aromatic nitrogens is 2. The van der Waals surface area contributed by atoms with Crippen molar-refractivity contribution in [3.63, 3.8) is 0 Å². The molecule has 1 amide bonds. The Balaban J connectivity index is 1.50. The van der Waals surface area contributed by atoms with E-state index in [9.17, 15) is 14.4 Å². The Morgan fingerprint density at radius 2 is 2.04 bits per heavy atom. The number of aryl methyl sites for hydroxylation is 1. The van der Waals surface area contributed by atoms with E-state index in [1.54, 1.807) is 30.3 Å². The molecule has 8 nitrogen and oxygen atoms in total. The van der Waals surface area contributed by atoms with Gasteiger partial charge in [-0.2, -0.15) is 4.68 Å². The van der Waals surface area contributed by atoms with Crippen LogP contribution in [0.5, 0.6) is 0 Å². The molecule has 0 saturated carbocycles. The van der Waals surface area contributed by atoms with Crippen molar-refractivity contribution in [2.24, 2.45) is 0 Å². The van der Waals surface area contributed by atoms with E-state index in [4.69, 9.17) is 4.42 Å². The van der Waals surface area contributed by atoms with Gasteiger partial charge in [0.25, 0.3) is 5.89 Å². The van der Waals surface area contributed by atoms with Crippen molar-refractivity contribution in [2.75, 3.05) is 7.11 Å². The van der Waals surface area contributed by atoms with Crippen LogP contribution in [0.2, 0.25) is 0 Å². The molecule has 9 heteroatoms. The minimum atomic E-state index is -0.593. The fraction of sp³-hybridized carbons (Fsp3) is 0.222. The van der Waals surface area contributed by atoms with E-state index in [0.717, 1.165) is 15.1 Å². The first-order valence-electron chi connectivity index (χ1n) is 8.12. The molecule has 0 aliphatic rings. The number of carbonyl (C=O) groups excluding carboxylic acids is 2. The molecule has 0 aliphatic carbocycles. The zero-order valence-corrected chi connectivity index (χ0v) is 15.3. The normalized spacial score (nSPS) is 10.6. The number of nitrogens with one attached hydrogen (secondary N) is 1. The van der Waals surface area contributed by atoms with Crippen molar-refractivity contribution < 1.29 is 18.7 Å². The third-order valence-corrected chi connectivity index (χ3v) is 4.61. The number of hydrogen-bond donors (Lipinski definition) is 1. The predicted octanol–water partition coefficient (Wildman–Crippen LogP) is 2.06. The van der Waals surface area contributed by atoms with Crippen molar-refractivity contribution in [3.05, 3.63) is 63.5 Å². The third-order valence-electron chi connectivity index (χ3n) is 3.75. The van der Waals surface area contributed by atoms with Crippen LogP contribution in [0.15, 0.2) is 51.0 Å². The number of esters is 1. The molecule has 0 spiro atoms. The molecule has 0 saturated heterocycles. The van der Waals surface area contributed by atoms with Crippen LogP contribution in [-0.4, -0.2) is 28.8 Å². The summed E-state index contributed by atoms with van der Waals surface area (Å²) in [6.45, 7) is 0.440. The summed E-state index contributed by atoms with van der Waals surface area (Å²) in [5, 5.41) is 8.72. The molecule has 0 radical (unpaired) electrons. The first-order valence-corrected chi connectivity index (χ1v) is 9.00. The predicted molar refractivity (Wildman–Crippen MR) is 98.3 cm³/mol. The molecular formula is C18H17N3O5S. The Labute approximate surface area is 158 Å². The van der Waals surface area contributed by atoms with E-state index in [1.807, 2.05) is 11.4 Å². The number of carbonyl (C=O) groups is 2. The zero-order valence-electron chi connectivity index (χ0n) is 14.5. The van der Waals surface area contributed by atoms with Gasteiger partial charge in [0, 0.05) is 13.0 Å². The van der Waals surface area contributed by atoms with E-state index in [-0.39, 0.29) is 24.8 Å². The van der Waals surface area contributed by atoms with Crippen LogP contribution < -0.4 is 11.1 Å². The van der Waals surface area contributed by atoms with Gasteiger partial charge in [-0.25, -0.2) is 9.59 Å². The maximum atomic E-state index is 12.0. The van der Waals surface area contributed by atoms with Crippen molar-refractivity contribution in [2.45, 2.75) is 19.5 Å². The van der Waals surface area contributed by atoms with Gasteiger partial charge >= 0.3 is 11.7 Å². The molecule has 0 unspecified atom stereocenters. The van der Waals surface area contributed by atoms with Crippen LogP contribution in [0.3, 0.4) is 0 Å². The molecule has 0 aliphatic heterocycles. The highest BCUT2D eigenvalue weighted by Gasteiger charge is 2.12. The van der Waals surface area contributed by atoms with Gasteiger partial charge in [0.1, 0.15) is 0 Å². The summed E-state index contributed by atoms with van der Waals surface area (Å²) < 4.78 is 10.9. The van der Waals surface area contributed by atoms with Crippen LogP contribution in [-0.2, 0) is 22.6 Å². The number of benzene rings is 1. The summed E-state index contributed by atoms with van der Waals surface area (Å²) in [5.74, 6) is -0.976. The van der Waals surface area contributed by atoms with Crippen LogP contribution >= 0.6 is 11.3 Å². The highest BCUT2D eigenvalue weighted by Crippen LogP contribution is 2.21. The molecule has 0 atom stereocenters. The lowest BCUT2D eigenvalue weighted by molar-refractivity contribution is -0.121. The average Bonchev–Trinajstić information content (AvgIpc) is 3.34. The molecule has 27 heavy (non-hydrogen) atoms. The van der Waals surface area contributed by atoms with Crippen LogP contribution in [0.4, 0.5) is 0 Å². The van der Waals surface area contributed by atoms with E-state index >= 15 is 0 Å². The molecule has 2 aromatic heterocycles. The average molecular weight is 387 g/mol. The highest BCUT2D eigenvalue weighted by molar-refractivity contribution is 7.13. The van der Waals surface area contributed by atoms with E-state index < -0.39 is 11.7 Å². The SMILES string of the molecule is COC(=O)c1ccc(CNC(=O)CCn2nc(-c3cccs3)oc2=O)cc1. The summed E-state index contributed by atoms with van der Waals surface area (Å²) >= 11 is 1.42. The number of amides is 1. The molecule has 3 rings (SSSR count). The first kappa shape index (κ1) is 18.6. The molecule has 140 valence electrons. The third kappa shape index (κ3) is 4.70. The van der Waals surface area contributed by atoms with Gasteiger partial charge < -0.3 is 14.5 Å². The Morgan fingerprint density at radius 1 is 1.26 bits per heavy atom. The number of thiophene rings is 1. The van der Waals surface area contributed by atoms with Crippen molar-refractivity contribution >= 4 is 23.2 Å². The summed E-state index contributed by atoms with van der Waals surface area (Å²) in [5.41, 5.74) is 1.29. The van der Waals surface area contributed by atoms with Gasteiger partial charge in [-0.15, -0.1) is 16.4 Å².